The Bertz CT molecular complexity index is 430. The Kier molecular flexibility index (Phi) is 2.84. The van der Waals surface area contributed by atoms with Gasteiger partial charge in [-0.3, -0.25) is 9.78 Å². The number of hydrogen-bond acceptors (Lipinski definition) is 4. The summed E-state index contributed by atoms with van der Waals surface area (Å²) in [5, 5.41) is 8.80. The van der Waals surface area contributed by atoms with E-state index >= 15 is 0 Å². The van der Waals surface area contributed by atoms with E-state index in [0.717, 1.165) is 6.54 Å². The van der Waals surface area contributed by atoms with Crippen molar-refractivity contribution in [2.45, 2.75) is 25.7 Å². The minimum absolute atomic E-state index is 0.196. The molecule has 0 saturated heterocycles. The number of rotatable bonds is 3. The molecule has 0 aliphatic heterocycles. The normalized spacial score (nSPS) is 16.8. The maximum Gasteiger partial charge on any atom is 0.342 e. The van der Waals surface area contributed by atoms with Crippen molar-refractivity contribution < 1.29 is 0 Å². The zero-order chi connectivity index (χ0) is 10.7. The van der Waals surface area contributed by atoms with Gasteiger partial charge >= 0.3 is 5.69 Å². The maximum absolute atomic E-state index is 11.2. The van der Waals surface area contributed by atoms with E-state index in [1.54, 1.807) is 0 Å². The van der Waals surface area contributed by atoms with Crippen molar-refractivity contribution in [3.63, 3.8) is 0 Å². The molecular weight excluding hydrogens is 196 g/mol. The van der Waals surface area contributed by atoms with Gasteiger partial charge in [-0.05, 0) is 18.8 Å². The number of nitrogens with one attached hydrogen (secondary N) is 3. The first-order chi connectivity index (χ1) is 7.25. The highest BCUT2D eigenvalue weighted by Gasteiger charge is 2.15. The number of aromatic amines is 2. The Morgan fingerprint density at radius 3 is 2.73 bits per heavy atom. The highest BCUT2D eigenvalue weighted by atomic mass is 16.2. The van der Waals surface area contributed by atoms with Gasteiger partial charge in [-0.25, -0.2) is 9.89 Å². The molecule has 0 aromatic carbocycles. The summed E-state index contributed by atoms with van der Waals surface area (Å²) in [6, 6.07) is 0. The van der Waals surface area contributed by atoms with E-state index in [0.29, 0.717) is 5.92 Å². The monoisotopic (exact) mass is 210 g/mol. The summed E-state index contributed by atoms with van der Waals surface area (Å²) in [5.41, 5.74) is -1.04. The second kappa shape index (κ2) is 4.29. The molecule has 0 spiro atoms. The summed E-state index contributed by atoms with van der Waals surface area (Å²) >= 11 is 0. The Morgan fingerprint density at radius 1 is 1.33 bits per heavy atom. The van der Waals surface area contributed by atoms with Crippen LogP contribution in [0.2, 0.25) is 0 Å². The highest BCUT2D eigenvalue weighted by Crippen LogP contribution is 2.24. The van der Waals surface area contributed by atoms with Gasteiger partial charge in [0, 0.05) is 6.54 Å². The summed E-state index contributed by atoms with van der Waals surface area (Å²) in [6.07, 6.45) is 4.94. The van der Waals surface area contributed by atoms with Crippen LogP contribution >= 0.6 is 0 Å². The van der Waals surface area contributed by atoms with Gasteiger partial charge in [0.25, 0.3) is 5.56 Å². The lowest BCUT2D eigenvalue weighted by Gasteiger charge is -2.09. The number of hydrogen-bond donors (Lipinski definition) is 3. The molecule has 1 aliphatic carbocycles. The minimum atomic E-state index is -0.577. The Morgan fingerprint density at radius 2 is 2.07 bits per heavy atom. The van der Waals surface area contributed by atoms with Crippen molar-refractivity contribution in [1.82, 2.24) is 15.2 Å². The molecule has 3 N–H and O–H groups in total. The van der Waals surface area contributed by atoms with Crippen LogP contribution in [0.5, 0.6) is 0 Å². The van der Waals surface area contributed by atoms with Gasteiger partial charge in [-0.1, -0.05) is 12.8 Å². The summed E-state index contributed by atoms with van der Waals surface area (Å²) in [5.74, 6) is 0.819. The van der Waals surface area contributed by atoms with Gasteiger partial charge in [0.05, 0.1) is 0 Å². The average Bonchev–Trinajstić information content (AvgIpc) is 2.69. The van der Waals surface area contributed by atoms with E-state index in [2.05, 4.69) is 20.5 Å². The third kappa shape index (κ3) is 2.45. The molecule has 0 atom stereocenters. The van der Waals surface area contributed by atoms with Crippen LogP contribution in [0.15, 0.2) is 9.59 Å². The molecule has 1 aromatic heterocycles. The Balaban J connectivity index is 1.98. The average molecular weight is 210 g/mol. The molecule has 1 aliphatic rings. The van der Waals surface area contributed by atoms with Gasteiger partial charge in [-0.15, -0.1) is 5.10 Å². The predicted octanol–water partition coefficient (Wildman–Crippen LogP) is 0.0603. The zero-order valence-corrected chi connectivity index (χ0v) is 8.38. The van der Waals surface area contributed by atoms with E-state index in [1.807, 2.05) is 0 Å². The van der Waals surface area contributed by atoms with Crippen LogP contribution in [0, 0.1) is 5.92 Å². The van der Waals surface area contributed by atoms with Crippen LogP contribution in [0.1, 0.15) is 25.7 Å². The topological polar surface area (TPSA) is 90.6 Å². The van der Waals surface area contributed by atoms with Crippen LogP contribution in [-0.4, -0.2) is 21.7 Å². The molecule has 1 fully saturated rings. The fraction of sp³-hybridized carbons (Fsp3) is 0.667. The number of nitrogens with zero attached hydrogens (tertiary/aromatic N) is 1. The lowest BCUT2D eigenvalue weighted by Crippen LogP contribution is -2.28. The highest BCUT2D eigenvalue weighted by molar-refractivity contribution is 5.28. The van der Waals surface area contributed by atoms with Crippen molar-refractivity contribution in [2.24, 2.45) is 5.92 Å². The molecule has 0 amide bonds. The van der Waals surface area contributed by atoms with Crippen molar-refractivity contribution in [1.29, 1.82) is 0 Å². The summed E-state index contributed by atoms with van der Waals surface area (Å²) in [4.78, 5) is 24.1. The third-order valence-corrected chi connectivity index (χ3v) is 2.74. The Hall–Kier alpha value is -1.59. The summed E-state index contributed by atoms with van der Waals surface area (Å²) in [7, 11) is 0. The smallest absolute Gasteiger partial charge is 0.342 e. The van der Waals surface area contributed by atoms with Crippen LogP contribution in [0.4, 0.5) is 5.82 Å². The fourth-order valence-corrected chi connectivity index (χ4v) is 1.92. The van der Waals surface area contributed by atoms with E-state index < -0.39 is 11.2 Å². The molecule has 15 heavy (non-hydrogen) atoms. The van der Waals surface area contributed by atoms with Crippen LogP contribution in [0.25, 0.3) is 0 Å². The Labute approximate surface area is 86.1 Å². The lowest BCUT2D eigenvalue weighted by molar-refractivity contribution is 0.577. The van der Waals surface area contributed by atoms with E-state index in [1.165, 1.54) is 25.7 Å². The van der Waals surface area contributed by atoms with Crippen LogP contribution < -0.4 is 16.6 Å². The van der Waals surface area contributed by atoms with Gasteiger partial charge in [0.15, 0.2) is 0 Å². The van der Waals surface area contributed by atoms with Crippen molar-refractivity contribution in [3.8, 4) is 0 Å². The van der Waals surface area contributed by atoms with Gasteiger partial charge < -0.3 is 5.32 Å². The summed E-state index contributed by atoms with van der Waals surface area (Å²) < 4.78 is 0. The third-order valence-electron chi connectivity index (χ3n) is 2.74. The van der Waals surface area contributed by atoms with E-state index in [-0.39, 0.29) is 5.82 Å². The molecule has 0 unspecified atom stereocenters. The maximum atomic E-state index is 11.2. The first-order valence-electron chi connectivity index (χ1n) is 5.18. The molecule has 2 rings (SSSR count). The zero-order valence-electron chi connectivity index (χ0n) is 8.38. The van der Waals surface area contributed by atoms with Crippen molar-refractivity contribution in [2.75, 3.05) is 11.9 Å². The molecule has 1 aromatic rings. The number of H-pyrrole nitrogens is 2. The minimum Gasteiger partial charge on any atom is -0.364 e. The van der Waals surface area contributed by atoms with Crippen molar-refractivity contribution in [3.05, 3.63) is 20.8 Å². The molecule has 0 radical (unpaired) electrons. The fourth-order valence-electron chi connectivity index (χ4n) is 1.92. The number of aromatic nitrogens is 3. The van der Waals surface area contributed by atoms with Crippen LogP contribution in [0.3, 0.4) is 0 Å². The second-order valence-corrected chi connectivity index (χ2v) is 3.89. The predicted molar refractivity (Wildman–Crippen MR) is 55.9 cm³/mol. The lowest BCUT2D eigenvalue weighted by atomic mass is 10.1. The van der Waals surface area contributed by atoms with Gasteiger partial charge in [0.1, 0.15) is 0 Å². The molecule has 6 nitrogen and oxygen atoms in total. The molecular formula is C9H14N4O2. The largest absolute Gasteiger partial charge is 0.364 e. The molecule has 0 bridgehead atoms. The first-order valence-corrected chi connectivity index (χ1v) is 5.18. The van der Waals surface area contributed by atoms with Crippen molar-refractivity contribution >= 4 is 5.82 Å². The molecule has 1 saturated carbocycles. The second-order valence-electron chi connectivity index (χ2n) is 3.89. The standard InChI is InChI=1S/C9H14N4O2/c14-8-7(12-13-9(15)11-8)10-5-6-3-1-2-4-6/h6H,1-5H2,(H,10,12)(H2,11,13,14,15). The molecule has 82 valence electrons. The van der Waals surface area contributed by atoms with E-state index in [9.17, 15) is 9.59 Å². The van der Waals surface area contributed by atoms with E-state index in [4.69, 9.17) is 0 Å². The van der Waals surface area contributed by atoms with Gasteiger partial charge in [0.2, 0.25) is 5.82 Å². The molecule has 6 heteroatoms. The summed E-state index contributed by atoms with van der Waals surface area (Å²) in [6.45, 7) is 0.752. The first kappa shape index (κ1) is 9.95. The quantitative estimate of drug-likeness (QED) is 0.658. The number of anilines is 1. The van der Waals surface area contributed by atoms with Gasteiger partial charge in [-0.2, -0.15) is 0 Å². The van der Waals surface area contributed by atoms with Crippen LogP contribution in [-0.2, 0) is 0 Å². The molecule has 1 heterocycles. The SMILES string of the molecule is O=c1[nH]nc(NCC2CCCC2)c(=O)[nH]1.